The lowest BCUT2D eigenvalue weighted by Gasteiger charge is -2.16. The lowest BCUT2D eigenvalue weighted by molar-refractivity contribution is 0.189. The monoisotopic (exact) mass is 227 g/mol. The van der Waals surface area contributed by atoms with Crippen molar-refractivity contribution in [2.75, 3.05) is 13.7 Å². The van der Waals surface area contributed by atoms with Crippen molar-refractivity contribution >= 4 is 0 Å². The summed E-state index contributed by atoms with van der Waals surface area (Å²) in [4.78, 5) is 12.1. The van der Waals surface area contributed by atoms with Crippen molar-refractivity contribution in [3.8, 4) is 0 Å². The quantitative estimate of drug-likeness (QED) is 0.725. The van der Waals surface area contributed by atoms with Crippen LogP contribution in [0.4, 0.5) is 0 Å². The van der Waals surface area contributed by atoms with Crippen LogP contribution in [0.2, 0.25) is 0 Å². The lowest BCUT2D eigenvalue weighted by atomic mass is 10.1. The Morgan fingerprint density at radius 2 is 2.00 bits per heavy atom. The van der Waals surface area contributed by atoms with E-state index in [-0.39, 0.29) is 11.2 Å². The number of hydrogen-bond acceptors (Lipinski definition) is 3. The zero-order chi connectivity index (χ0) is 12.3. The normalized spacial score (nSPS) is 12.1. The summed E-state index contributed by atoms with van der Waals surface area (Å²) in [5.41, 5.74) is -0.310. The highest BCUT2D eigenvalue weighted by molar-refractivity contribution is 4.87. The summed E-state index contributed by atoms with van der Waals surface area (Å²) >= 11 is 0. The Hall–Kier alpha value is -1.10. The number of hydrogen-bond donors (Lipinski definition) is 0. The van der Waals surface area contributed by atoms with E-state index >= 15 is 0 Å². The SMILES string of the molecule is COCCCn1c(C)nn(C(C)(C)C)c1=O. The molecule has 0 amide bonds. The fourth-order valence-electron chi connectivity index (χ4n) is 1.56. The molecule has 16 heavy (non-hydrogen) atoms. The number of nitrogens with zero attached hydrogens (tertiary/aromatic N) is 3. The van der Waals surface area contributed by atoms with Gasteiger partial charge in [-0.15, -0.1) is 0 Å². The molecule has 5 heteroatoms. The van der Waals surface area contributed by atoms with Gasteiger partial charge in [-0.3, -0.25) is 4.57 Å². The number of methoxy groups -OCH3 is 1. The van der Waals surface area contributed by atoms with E-state index in [2.05, 4.69) is 5.10 Å². The first-order chi connectivity index (χ1) is 7.38. The van der Waals surface area contributed by atoms with Crippen molar-refractivity contribution in [3.05, 3.63) is 16.3 Å². The van der Waals surface area contributed by atoms with Gasteiger partial charge < -0.3 is 4.74 Å². The summed E-state index contributed by atoms with van der Waals surface area (Å²) in [5.74, 6) is 0.760. The average Bonchev–Trinajstić information content (AvgIpc) is 2.44. The Bertz CT molecular complexity index is 398. The van der Waals surface area contributed by atoms with E-state index in [9.17, 15) is 4.79 Å². The van der Waals surface area contributed by atoms with Gasteiger partial charge in [0.15, 0.2) is 0 Å². The van der Waals surface area contributed by atoms with Crippen LogP contribution in [0, 0.1) is 6.92 Å². The van der Waals surface area contributed by atoms with Gasteiger partial charge in [0.1, 0.15) is 5.82 Å². The van der Waals surface area contributed by atoms with Crippen LogP contribution in [0.3, 0.4) is 0 Å². The van der Waals surface area contributed by atoms with Crippen molar-refractivity contribution in [2.45, 2.75) is 46.2 Å². The molecule has 1 aromatic rings. The molecule has 0 aromatic carbocycles. The third-order valence-electron chi connectivity index (χ3n) is 2.41. The Morgan fingerprint density at radius 3 is 2.44 bits per heavy atom. The minimum atomic E-state index is -0.269. The molecule has 1 heterocycles. The molecule has 0 aliphatic heterocycles. The van der Waals surface area contributed by atoms with E-state index in [4.69, 9.17) is 4.74 Å². The summed E-state index contributed by atoms with van der Waals surface area (Å²) in [7, 11) is 1.66. The molecule has 0 aliphatic carbocycles. The van der Waals surface area contributed by atoms with Gasteiger partial charge in [0.05, 0.1) is 5.54 Å². The second kappa shape index (κ2) is 4.82. The molecule has 0 fully saturated rings. The van der Waals surface area contributed by atoms with E-state index < -0.39 is 0 Å². The zero-order valence-corrected chi connectivity index (χ0v) is 10.8. The molecule has 0 unspecified atom stereocenters. The molecule has 0 spiro atoms. The fourth-order valence-corrected chi connectivity index (χ4v) is 1.56. The Labute approximate surface area is 96.0 Å². The van der Waals surface area contributed by atoms with Gasteiger partial charge in [0.2, 0.25) is 0 Å². The fraction of sp³-hybridized carbons (Fsp3) is 0.818. The van der Waals surface area contributed by atoms with E-state index in [0.29, 0.717) is 13.2 Å². The standard InChI is InChI=1S/C11H21N3O2/c1-9-12-14(11(2,3)4)10(15)13(9)7-6-8-16-5/h6-8H2,1-5H3. The van der Waals surface area contributed by atoms with Gasteiger partial charge in [0, 0.05) is 20.3 Å². The van der Waals surface area contributed by atoms with Crippen LogP contribution in [-0.4, -0.2) is 28.1 Å². The second-order valence-electron chi connectivity index (χ2n) is 4.91. The van der Waals surface area contributed by atoms with Gasteiger partial charge in [-0.25, -0.2) is 9.48 Å². The predicted octanol–water partition coefficient (Wildman–Crippen LogP) is 1.14. The van der Waals surface area contributed by atoms with Crippen LogP contribution in [0.15, 0.2) is 4.79 Å². The van der Waals surface area contributed by atoms with Crippen LogP contribution >= 0.6 is 0 Å². The second-order valence-corrected chi connectivity index (χ2v) is 4.91. The zero-order valence-electron chi connectivity index (χ0n) is 10.8. The van der Waals surface area contributed by atoms with Crippen LogP contribution in [0.25, 0.3) is 0 Å². The highest BCUT2D eigenvalue weighted by atomic mass is 16.5. The minimum Gasteiger partial charge on any atom is -0.385 e. The molecule has 5 nitrogen and oxygen atoms in total. The van der Waals surface area contributed by atoms with E-state index in [1.54, 1.807) is 11.7 Å². The first kappa shape index (κ1) is 13.0. The highest BCUT2D eigenvalue weighted by Gasteiger charge is 2.20. The number of aryl methyl sites for hydroxylation is 1. The minimum absolute atomic E-state index is 0.0406. The van der Waals surface area contributed by atoms with E-state index in [0.717, 1.165) is 12.2 Å². The van der Waals surface area contributed by atoms with Crippen molar-refractivity contribution in [1.82, 2.24) is 14.3 Å². The predicted molar refractivity (Wildman–Crippen MR) is 62.7 cm³/mol. The van der Waals surface area contributed by atoms with Gasteiger partial charge in [0.25, 0.3) is 0 Å². The Morgan fingerprint density at radius 1 is 1.38 bits per heavy atom. The van der Waals surface area contributed by atoms with Gasteiger partial charge in [-0.2, -0.15) is 5.10 Å². The molecule has 0 saturated heterocycles. The molecular formula is C11H21N3O2. The summed E-state index contributed by atoms with van der Waals surface area (Å²) in [6, 6.07) is 0. The smallest absolute Gasteiger partial charge is 0.346 e. The Balaban J connectivity index is 2.95. The third kappa shape index (κ3) is 2.72. The van der Waals surface area contributed by atoms with Gasteiger partial charge in [-0.05, 0) is 34.1 Å². The molecule has 1 rings (SSSR count). The van der Waals surface area contributed by atoms with Crippen molar-refractivity contribution in [1.29, 1.82) is 0 Å². The average molecular weight is 227 g/mol. The van der Waals surface area contributed by atoms with Crippen molar-refractivity contribution in [3.63, 3.8) is 0 Å². The van der Waals surface area contributed by atoms with E-state index in [1.165, 1.54) is 4.68 Å². The summed E-state index contributed by atoms with van der Waals surface area (Å²) in [6.07, 6.45) is 0.826. The van der Waals surface area contributed by atoms with E-state index in [1.807, 2.05) is 27.7 Å². The molecule has 0 radical (unpaired) electrons. The maximum Gasteiger partial charge on any atom is 0.346 e. The molecular weight excluding hydrogens is 206 g/mol. The maximum atomic E-state index is 12.1. The van der Waals surface area contributed by atoms with Crippen LogP contribution in [-0.2, 0) is 16.8 Å². The molecule has 92 valence electrons. The highest BCUT2D eigenvalue weighted by Crippen LogP contribution is 2.09. The van der Waals surface area contributed by atoms with Crippen LogP contribution in [0.1, 0.15) is 33.0 Å². The van der Waals surface area contributed by atoms with Crippen molar-refractivity contribution < 1.29 is 4.74 Å². The number of ether oxygens (including phenoxy) is 1. The topological polar surface area (TPSA) is 49.0 Å². The molecule has 0 N–H and O–H groups in total. The number of aromatic nitrogens is 3. The molecule has 1 aromatic heterocycles. The summed E-state index contributed by atoms with van der Waals surface area (Å²) in [6.45, 7) is 9.10. The summed E-state index contributed by atoms with van der Waals surface area (Å²) < 4.78 is 8.21. The number of rotatable bonds is 4. The Kier molecular flexibility index (Phi) is 3.91. The lowest BCUT2D eigenvalue weighted by Crippen LogP contribution is -2.35. The first-order valence-electron chi connectivity index (χ1n) is 5.54. The van der Waals surface area contributed by atoms with Crippen LogP contribution in [0.5, 0.6) is 0 Å². The first-order valence-corrected chi connectivity index (χ1v) is 5.54. The summed E-state index contributed by atoms with van der Waals surface area (Å²) in [5, 5.41) is 4.29. The molecule has 0 bridgehead atoms. The third-order valence-corrected chi connectivity index (χ3v) is 2.41. The molecule has 0 aliphatic rings. The largest absolute Gasteiger partial charge is 0.385 e. The van der Waals surface area contributed by atoms with Gasteiger partial charge in [-0.1, -0.05) is 0 Å². The van der Waals surface area contributed by atoms with Crippen LogP contribution < -0.4 is 5.69 Å². The maximum absolute atomic E-state index is 12.1. The molecule has 0 saturated carbocycles. The molecule has 0 atom stereocenters. The van der Waals surface area contributed by atoms with Gasteiger partial charge >= 0.3 is 5.69 Å². The van der Waals surface area contributed by atoms with Crippen molar-refractivity contribution in [2.24, 2.45) is 0 Å².